The predicted octanol–water partition coefficient (Wildman–Crippen LogP) is 4.05. The second-order valence-corrected chi connectivity index (χ2v) is 5.91. The van der Waals surface area contributed by atoms with Gasteiger partial charge in [-0.3, -0.25) is 4.98 Å². The van der Waals surface area contributed by atoms with E-state index in [1.165, 1.54) is 5.56 Å². The average Bonchev–Trinajstić information content (AvgIpc) is 2.26. The van der Waals surface area contributed by atoms with Crippen LogP contribution in [0.1, 0.15) is 51.8 Å². The van der Waals surface area contributed by atoms with Crippen molar-refractivity contribution in [2.75, 3.05) is 0 Å². The molecule has 0 aliphatic rings. The van der Waals surface area contributed by atoms with Gasteiger partial charge in [-0.15, -0.1) is 0 Å². The van der Waals surface area contributed by atoms with Gasteiger partial charge in [-0.05, 0) is 23.6 Å². The Labute approximate surface area is 103 Å². The molecular weight excluding hydrogens is 208 g/mol. The molecule has 1 heterocycles. The van der Waals surface area contributed by atoms with Gasteiger partial charge in [0.15, 0.2) is 0 Å². The van der Waals surface area contributed by atoms with E-state index in [-0.39, 0.29) is 5.41 Å². The summed E-state index contributed by atoms with van der Waals surface area (Å²) in [4.78, 5) is 9.21. The van der Waals surface area contributed by atoms with E-state index in [0.29, 0.717) is 5.92 Å². The minimum absolute atomic E-state index is 0.0535. The van der Waals surface area contributed by atoms with Crippen LogP contribution in [0.2, 0.25) is 0 Å². The van der Waals surface area contributed by atoms with Gasteiger partial charge in [-0.1, -0.05) is 40.7 Å². The van der Waals surface area contributed by atoms with Gasteiger partial charge in [0.25, 0.3) is 0 Å². The molecule has 2 heteroatoms. The predicted molar refractivity (Wildman–Crippen MR) is 72.3 cm³/mol. The van der Waals surface area contributed by atoms with Gasteiger partial charge < -0.3 is 0 Å². The Kier molecular flexibility index (Phi) is 2.90. The number of benzene rings is 1. The zero-order valence-electron chi connectivity index (χ0n) is 11.3. The number of nitrogens with zero attached hydrogens (tertiary/aromatic N) is 2. The molecule has 1 aromatic heterocycles. The third-order valence-corrected chi connectivity index (χ3v) is 3.00. The summed E-state index contributed by atoms with van der Waals surface area (Å²) in [6.07, 6.45) is 1.90. The molecular formula is C15H20N2. The standard InChI is InChI=1S/C15H20N2/c1-10(2)11-6-7-12-13(8-11)16-9-14(17-12)15(3,4)5/h6-10H,1-5H3. The number of hydrogen-bond acceptors (Lipinski definition) is 2. The molecule has 0 unspecified atom stereocenters. The molecule has 2 rings (SSSR count). The Morgan fingerprint density at radius 3 is 2.35 bits per heavy atom. The van der Waals surface area contributed by atoms with E-state index in [4.69, 9.17) is 0 Å². The number of aromatic nitrogens is 2. The fourth-order valence-corrected chi connectivity index (χ4v) is 1.75. The Morgan fingerprint density at radius 2 is 1.76 bits per heavy atom. The summed E-state index contributed by atoms with van der Waals surface area (Å²) >= 11 is 0. The maximum absolute atomic E-state index is 4.68. The van der Waals surface area contributed by atoms with Crippen molar-refractivity contribution in [3.8, 4) is 0 Å². The first-order valence-corrected chi connectivity index (χ1v) is 6.15. The fraction of sp³-hybridized carbons (Fsp3) is 0.467. The molecule has 90 valence electrons. The van der Waals surface area contributed by atoms with Crippen LogP contribution in [0.5, 0.6) is 0 Å². The molecule has 17 heavy (non-hydrogen) atoms. The second kappa shape index (κ2) is 4.10. The highest BCUT2D eigenvalue weighted by Gasteiger charge is 2.16. The topological polar surface area (TPSA) is 25.8 Å². The lowest BCUT2D eigenvalue weighted by molar-refractivity contribution is 0.568. The van der Waals surface area contributed by atoms with Crippen molar-refractivity contribution in [2.24, 2.45) is 0 Å². The normalized spacial score (nSPS) is 12.4. The molecule has 0 fully saturated rings. The molecule has 1 aromatic carbocycles. The first-order chi connectivity index (χ1) is 7.88. The Hall–Kier alpha value is -1.44. The first kappa shape index (κ1) is 12.0. The van der Waals surface area contributed by atoms with E-state index >= 15 is 0 Å². The summed E-state index contributed by atoms with van der Waals surface area (Å²) in [6, 6.07) is 6.36. The molecule has 0 aliphatic carbocycles. The van der Waals surface area contributed by atoms with E-state index in [0.717, 1.165) is 16.7 Å². The lowest BCUT2D eigenvalue weighted by atomic mass is 9.92. The third-order valence-electron chi connectivity index (χ3n) is 3.00. The average molecular weight is 228 g/mol. The van der Waals surface area contributed by atoms with Gasteiger partial charge in [0.2, 0.25) is 0 Å². The molecule has 0 radical (unpaired) electrons. The van der Waals surface area contributed by atoms with Crippen molar-refractivity contribution < 1.29 is 0 Å². The highest BCUT2D eigenvalue weighted by Crippen LogP contribution is 2.23. The summed E-state index contributed by atoms with van der Waals surface area (Å²) in [6.45, 7) is 10.9. The molecule has 0 saturated carbocycles. The summed E-state index contributed by atoms with van der Waals surface area (Å²) in [5.74, 6) is 0.531. The molecule has 0 bridgehead atoms. The first-order valence-electron chi connectivity index (χ1n) is 6.15. The third kappa shape index (κ3) is 2.46. The Balaban J connectivity index is 2.54. The van der Waals surface area contributed by atoms with Crippen molar-refractivity contribution in [3.05, 3.63) is 35.7 Å². The zero-order valence-corrected chi connectivity index (χ0v) is 11.3. The molecule has 0 atom stereocenters. The van der Waals surface area contributed by atoms with Gasteiger partial charge >= 0.3 is 0 Å². The zero-order chi connectivity index (χ0) is 12.6. The van der Waals surface area contributed by atoms with Crippen molar-refractivity contribution in [1.82, 2.24) is 9.97 Å². The summed E-state index contributed by atoms with van der Waals surface area (Å²) < 4.78 is 0. The van der Waals surface area contributed by atoms with Crippen LogP contribution in [0.4, 0.5) is 0 Å². The van der Waals surface area contributed by atoms with Crippen LogP contribution in [0, 0.1) is 0 Å². The summed E-state index contributed by atoms with van der Waals surface area (Å²) in [5, 5.41) is 0. The van der Waals surface area contributed by atoms with Crippen molar-refractivity contribution in [1.29, 1.82) is 0 Å². The van der Waals surface area contributed by atoms with E-state index in [9.17, 15) is 0 Å². The second-order valence-electron chi connectivity index (χ2n) is 5.91. The van der Waals surface area contributed by atoms with Crippen LogP contribution in [0.25, 0.3) is 11.0 Å². The summed E-state index contributed by atoms with van der Waals surface area (Å²) in [7, 11) is 0. The maximum atomic E-state index is 4.68. The van der Waals surface area contributed by atoms with Gasteiger partial charge in [-0.25, -0.2) is 4.98 Å². The minimum atomic E-state index is 0.0535. The monoisotopic (exact) mass is 228 g/mol. The minimum Gasteiger partial charge on any atom is -0.253 e. The van der Waals surface area contributed by atoms with Crippen molar-refractivity contribution >= 4 is 11.0 Å². The van der Waals surface area contributed by atoms with Crippen LogP contribution in [0.3, 0.4) is 0 Å². The molecule has 0 spiro atoms. The number of rotatable bonds is 1. The van der Waals surface area contributed by atoms with Crippen molar-refractivity contribution in [3.63, 3.8) is 0 Å². The quantitative estimate of drug-likeness (QED) is 0.736. The lowest BCUT2D eigenvalue weighted by Crippen LogP contribution is -2.13. The van der Waals surface area contributed by atoms with E-state index in [1.54, 1.807) is 0 Å². The van der Waals surface area contributed by atoms with Crippen LogP contribution in [-0.2, 0) is 5.41 Å². The molecule has 0 amide bonds. The van der Waals surface area contributed by atoms with Gasteiger partial charge in [0, 0.05) is 11.6 Å². The molecule has 2 nitrogen and oxygen atoms in total. The van der Waals surface area contributed by atoms with E-state index < -0.39 is 0 Å². The van der Waals surface area contributed by atoms with Crippen LogP contribution >= 0.6 is 0 Å². The lowest BCUT2D eigenvalue weighted by Gasteiger charge is -2.17. The highest BCUT2D eigenvalue weighted by molar-refractivity contribution is 5.75. The highest BCUT2D eigenvalue weighted by atomic mass is 14.8. The largest absolute Gasteiger partial charge is 0.253 e. The smallest absolute Gasteiger partial charge is 0.0890 e. The fourth-order valence-electron chi connectivity index (χ4n) is 1.75. The SMILES string of the molecule is CC(C)c1ccc2nc(C(C)(C)C)cnc2c1. The van der Waals surface area contributed by atoms with E-state index in [1.807, 2.05) is 6.20 Å². The molecule has 2 aromatic rings. The van der Waals surface area contributed by atoms with Crippen molar-refractivity contribution in [2.45, 2.75) is 46.0 Å². The molecule has 0 saturated heterocycles. The van der Waals surface area contributed by atoms with Crippen LogP contribution in [-0.4, -0.2) is 9.97 Å². The van der Waals surface area contributed by atoms with E-state index in [2.05, 4.69) is 62.8 Å². The van der Waals surface area contributed by atoms with Crippen LogP contribution < -0.4 is 0 Å². The molecule has 0 aliphatic heterocycles. The van der Waals surface area contributed by atoms with Gasteiger partial charge in [-0.2, -0.15) is 0 Å². The maximum Gasteiger partial charge on any atom is 0.0890 e. The van der Waals surface area contributed by atoms with Gasteiger partial charge in [0.1, 0.15) is 0 Å². The number of hydrogen-bond donors (Lipinski definition) is 0. The van der Waals surface area contributed by atoms with Gasteiger partial charge in [0.05, 0.1) is 16.7 Å². The Bertz CT molecular complexity index is 536. The molecule has 0 N–H and O–H groups in total. The summed E-state index contributed by atoms with van der Waals surface area (Å²) in [5.41, 5.74) is 4.39. The number of fused-ring (bicyclic) bond motifs is 1. The van der Waals surface area contributed by atoms with Crippen LogP contribution in [0.15, 0.2) is 24.4 Å². The Morgan fingerprint density at radius 1 is 1.06 bits per heavy atom.